The van der Waals surface area contributed by atoms with Gasteiger partial charge in [-0.3, -0.25) is 28.5 Å². The minimum Gasteiger partial charge on any atom is -0.313 e. The summed E-state index contributed by atoms with van der Waals surface area (Å²) in [6.45, 7) is 7.40. The number of aromatic amines is 1. The Morgan fingerprint density at radius 3 is 2.58 bits per heavy atom. The molecule has 0 amide bonds. The molecule has 1 aliphatic heterocycles. The molecule has 4 heterocycles. The van der Waals surface area contributed by atoms with Crippen LogP contribution in [0.5, 0.6) is 0 Å². The number of halogens is 2. The third-order valence-corrected chi connectivity index (χ3v) is 6.82. The average molecular weight is 474 g/mol. The van der Waals surface area contributed by atoms with Crippen LogP contribution in [0.2, 0.25) is 5.02 Å². The van der Waals surface area contributed by atoms with E-state index in [-0.39, 0.29) is 5.82 Å². The number of H-pyrrole nitrogens is 1. The van der Waals surface area contributed by atoms with Gasteiger partial charge in [-0.05, 0) is 19.1 Å². The molecule has 11 heteroatoms. The Balaban J connectivity index is 1.28. The second-order valence-corrected chi connectivity index (χ2v) is 8.92. The molecule has 0 radical (unpaired) electrons. The summed E-state index contributed by atoms with van der Waals surface area (Å²) in [5.41, 5.74) is 1.35. The zero-order chi connectivity index (χ0) is 23.3. The van der Waals surface area contributed by atoms with Gasteiger partial charge in [0, 0.05) is 75.3 Å². The molecule has 0 spiro atoms. The highest BCUT2D eigenvalue weighted by Gasteiger charge is 2.21. The fraction of sp³-hybridized carbons (Fsp3) is 0.409. The second-order valence-electron chi connectivity index (χ2n) is 8.51. The lowest BCUT2D eigenvalue weighted by molar-refractivity contribution is 0.123. The lowest BCUT2D eigenvalue weighted by atomic mass is 10.2. The van der Waals surface area contributed by atoms with Crippen molar-refractivity contribution in [2.24, 2.45) is 7.05 Å². The maximum Gasteiger partial charge on any atom is 0.329 e. The smallest absolute Gasteiger partial charge is 0.313 e. The van der Waals surface area contributed by atoms with Crippen molar-refractivity contribution in [1.82, 2.24) is 33.3 Å². The van der Waals surface area contributed by atoms with Crippen LogP contribution in [-0.4, -0.2) is 66.0 Å². The van der Waals surface area contributed by atoms with Crippen LogP contribution in [0.4, 0.5) is 4.39 Å². The van der Waals surface area contributed by atoms with Crippen molar-refractivity contribution >= 4 is 28.5 Å². The van der Waals surface area contributed by atoms with Crippen LogP contribution in [0.3, 0.4) is 0 Å². The first-order valence-electron chi connectivity index (χ1n) is 10.9. The normalized spacial score (nSPS) is 15.8. The van der Waals surface area contributed by atoms with E-state index in [1.54, 1.807) is 23.6 Å². The summed E-state index contributed by atoms with van der Waals surface area (Å²) in [7, 11) is 1.60. The van der Waals surface area contributed by atoms with Crippen molar-refractivity contribution in [2.45, 2.75) is 20.0 Å². The van der Waals surface area contributed by atoms with Crippen molar-refractivity contribution in [2.75, 3.05) is 32.7 Å². The molecule has 5 rings (SSSR count). The lowest BCUT2D eigenvalue weighted by Crippen LogP contribution is -2.46. The van der Waals surface area contributed by atoms with Crippen LogP contribution in [-0.2, 0) is 20.1 Å². The number of benzene rings is 1. The highest BCUT2D eigenvalue weighted by molar-refractivity contribution is 6.31. The van der Waals surface area contributed by atoms with Crippen LogP contribution < -0.4 is 11.2 Å². The summed E-state index contributed by atoms with van der Waals surface area (Å²) in [4.78, 5) is 35.8. The zero-order valence-corrected chi connectivity index (χ0v) is 19.3. The number of piperazine rings is 1. The Morgan fingerprint density at radius 1 is 1.12 bits per heavy atom. The molecule has 0 atom stereocenters. The van der Waals surface area contributed by atoms with Gasteiger partial charge in [0.2, 0.25) is 5.78 Å². The zero-order valence-electron chi connectivity index (χ0n) is 18.5. The molecule has 1 aliphatic rings. The fourth-order valence-electron chi connectivity index (χ4n) is 4.51. The SMILES string of the molecule is Cc1cn2c3c(=O)[nH]c(=O)n(C)c3nc2n1CCN1CCN(Cc2c(F)cccc2Cl)CC1. The number of nitrogens with zero attached hydrogens (tertiary/aromatic N) is 6. The minimum absolute atomic E-state index is 0.263. The van der Waals surface area contributed by atoms with E-state index in [4.69, 9.17) is 11.6 Å². The standard InChI is InChI=1S/C22H25ClFN7O2/c1-14-12-31-18-19(27(2)22(33)26-20(18)32)25-21(31)30(14)11-10-28-6-8-29(9-7-28)13-15-16(23)4-3-5-17(15)24/h3-5,12H,6-11,13H2,1-2H3,(H,26,32,33). The third kappa shape index (κ3) is 3.88. The van der Waals surface area contributed by atoms with Gasteiger partial charge < -0.3 is 4.57 Å². The summed E-state index contributed by atoms with van der Waals surface area (Å²) in [5, 5.41) is 0.466. The molecular formula is C22H25ClFN7O2. The number of nitrogens with one attached hydrogen (secondary N) is 1. The van der Waals surface area contributed by atoms with Crippen molar-refractivity contribution in [3.63, 3.8) is 0 Å². The molecule has 9 nitrogen and oxygen atoms in total. The number of fused-ring (bicyclic) bond motifs is 3. The van der Waals surface area contributed by atoms with Crippen LogP contribution in [0.15, 0.2) is 34.0 Å². The lowest BCUT2D eigenvalue weighted by Gasteiger charge is -2.35. The summed E-state index contributed by atoms with van der Waals surface area (Å²) in [6.07, 6.45) is 1.88. The fourth-order valence-corrected chi connectivity index (χ4v) is 4.74. The van der Waals surface area contributed by atoms with Crippen molar-refractivity contribution < 1.29 is 4.39 Å². The Morgan fingerprint density at radius 2 is 1.85 bits per heavy atom. The van der Waals surface area contributed by atoms with Crippen molar-refractivity contribution in [3.8, 4) is 0 Å². The predicted octanol–water partition coefficient (Wildman–Crippen LogP) is 1.59. The first-order valence-corrected chi connectivity index (χ1v) is 11.3. The highest BCUT2D eigenvalue weighted by atomic mass is 35.5. The molecule has 174 valence electrons. The molecule has 0 saturated carbocycles. The van der Waals surface area contributed by atoms with Gasteiger partial charge in [-0.2, -0.15) is 4.98 Å². The quantitative estimate of drug-likeness (QED) is 0.476. The molecule has 3 aromatic heterocycles. The number of rotatable bonds is 5. The van der Waals surface area contributed by atoms with Crippen molar-refractivity contribution in [1.29, 1.82) is 0 Å². The van der Waals surface area contributed by atoms with Gasteiger partial charge >= 0.3 is 5.69 Å². The van der Waals surface area contributed by atoms with E-state index >= 15 is 0 Å². The van der Waals surface area contributed by atoms with E-state index in [0.717, 1.165) is 38.4 Å². The summed E-state index contributed by atoms with van der Waals surface area (Å²) in [6, 6.07) is 4.79. The molecule has 1 aromatic carbocycles. The summed E-state index contributed by atoms with van der Waals surface area (Å²) < 4.78 is 19.3. The highest BCUT2D eigenvalue weighted by Crippen LogP contribution is 2.21. The predicted molar refractivity (Wildman–Crippen MR) is 124 cm³/mol. The van der Waals surface area contributed by atoms with E-state index < -0.39 is 11.2 Å². The van der Waals surface area contributed by atoms with Gasteiger partial charge in [-0.15, -0.1) is 0 Å². The molecule has 0 unspecified atom stereocenters. The van der Waals surface area contributed by atoms with E-state index in [9.17, 15) is 14.0 Å². The molecule has 33 heavy (non-hydrogen) atoms. The van der Waals surface area contributed by atoms with E-state index in [0.29, 0.717) is 40.6 Å². The Hall–Kier alpha value is -2.95. The summed E-state index contributed by atoms with van der Waals surface area (Å²) in [5.74, 6) is 0.377. The molecule has 0 aliphatic carbocycles. The van der Waals surface area contributed by atoms with Gasteiger partial charge in [0.05, 0.1) is 0 Å². The minimum atomic E-state index is -0.480. The molecule has 0 bridgehead atoms. The monoisotopic (exact) mass is 473 g/mol. The average Bonchev–Trinajstić information content (AvgIpc) is 3.29. The Labute approximate surface area is 193 Å². The van der Waals surface area contributed by atoms with E-state index in [2.05, 4.69) is 24.3 Å². The molecule has 1 fully saturated rings. The Bertz CT molecular complexity index is 1440. The van der Waals surface area contributed by atoms with Gasteiger partial charge in [0.15, 0.2) is 11.2 Å². The topological polar surface area (TPSA) is 83.6 Å². The van der Waals surface area contributed by atoms with Gasteiger partial charge in [0.1, 0.15) is 5.82 Å². The second kappa shape index (κ2) is 8.44. The van der Waals surface area contributed by atoms with Gasteiger partial charge in [0.25, 0.3) is 5.56 Å². The van der Waals surface area contributed by atoms with Crippen LogP contribution >= 0.6 is 11.6 Å². The van der Waals surface area contributed by atoms with E-state index in [1.165, 1.54) is 10.6 Å². The first-order chi connectivity index (χ1) is 15.8. The van der Waals surface area contributed by atoms with E-state index in [1.807, 2.05) is 13.1 Å². The van der Waals surface area contributed by atoms with Crippen LogP contribution in [0, 0.1) is 12.7 Å². The number of hydrogen-bond donors (Lipinski definition) is 1. The number of hydrogen-bond acceptors (Lipinski definition) is 5. The van der Waals surface area contributed by atoms with Crippen molar-refractivity contribution in [3.05, 3.63) is 67.3 Å². The largest absolute Gasteiger partial charge is 0.329 e. The molecule has 4 aromatic rings. The van der Waals surface area contributed by atoms with Gasteiger partial charge in [-0.1, -0.05) is 17.7 Å². The molecule has 1 saturated heterocycles. The molecular weight excluding hydrogens is 449 g/mol. The third-order valence-electron chi connectivity index (χ3n) is 6.46. The Kier molecular flexibility index (Phi) is 5.59. The number of aromatic nitrogens is 5. The summed E-state index contributed by atoms with van der Waals surface area (Å²) >= 11 is 6.18. The maximum absolute atomic E-state index is 14.1. The number of imidazole rings is 2. The molecule has 1 N–H and O–H groups in total. The maximum atomic E-state index is 14.1. The van der Waals surface area contributed by atoms with Crippen LogP contribution in [0.25, 0.3) is 16.9 Å². The first kappa shape index (κ1) is 21.9. The number of aryl methyl sites for hydroxylation is 2. The van der Waals surface area contributed by atoms with Gasteiger partial charge in [-0.25, -0.2) is 9.18 Å². The van der Waals surface area contributed by atoms with Crippen LogP contribution in [0.1, 0.15) is 11.3 Å².